The van der Waals surface area contributed by atoms with Crippen molar-refractivity contribution < 1.29 is 4.39 Å². The fraction of sp³-hybridized carbons (Fsp3) is 0.500. The van der Waals surface area contributed by atoms with Gasteiger partial charge in [0.1, 0.15) is 5.82 Å². The van der Waals surface area contributed by atoms with Crippen molar-refractivity contribution in [3.8, 4) is 0 Å². The molecule has 0 spiro atoms. The molecule has 1 aliphatic rings. The van der Waals surface area contributed by atoms with Crippen LogP contribution in [0.15, 0.2) is 24.4 Å². The second kappa shape index (κ2) is 4.97. The molecule has 1 saturated carbocycles. The Bertz CT molecular complexity index is 571. The van der Waals surface area contributed by atoms with Crippen LogP contribution in [0.4, 0.5) is 4.39 Å². The standard InChI is InChI=1S/C16H21FN2/c1-11(12-3-4-12)19(2)8-7-13-10-18-16-6-5-14(17)9-15(13)16/h5-6,9-12,18H,3-4,7-8H2,1-2H3. The third-order valence-electron chi connectivity index (χ3n) is 4.46. The van der Waals surface area contributed by atoms with Crippen LogP contribution < -0.4 is 0 Å². The molecule has 1 aliphatic carbocycles. The first-order valence-electron chi connectivity index (χ1n) is 7.11. The van der Waals surface area contributed by atoms with E-state index in [0.717, 1.165) is 29.8 Å². The number of halogens is 1. The van der Waals surface area contributed by atoms with Crippen LogP contribution in [0, 0.1) is 11.7 Å². The highest BCUT2D eigenvalue weighted by Crippen LogP contribution is 2.34. The Morgan fingerprint density at radius 2 is 2.21 bits per heavy atom. The first kappa shape index (κ1) is 12.7. The van der Waals surface area contributed by atoms with Gasteiger partial charge in [-0.2, -0.15) is 0 Å². The molecule has 102 valence electrons. The van der Waals surface area contributed by atoms with Crippen LogP contribution in [0.3, 0.4) is 0 Å². The van der Waals surface area contributed by atoms with Gasteiger partial charge >= 0.3 is 0 Å². The number of hydrogen-bond acceptors (Lipinski definition) is 1. The maximum Gasteiger partial charge on any atom is 0.123 e. The molecule has 1 aromatic heterocycles. The molecule has 0 amide bonds. The van der Waals surface area contributed by atoms with Gasteiger partial charge in [-0.3, -0.25) is 0 Å². The van der Waals surface area contributed by atoms with Crippen LogP contribution in [-0.4, -0.2) is 29.5 Å². The molecular weight excluding hydrogens is 239 g/mol. The highest BCUT2D eigenvalue weighted by atomic mass is 19.1. The SMILES string of the molecule is CC(C1CC1)N(C)CCc1c[nH]c2ccc(F)cc12. The number of benzene rings is 1. The number of nitrogens with one attached hydrogen (secondary N) is 1. The fourth-order valence-corrected chi connectivity index (χ4v) is 2.80. The summed E-state index contributed by atoms with van der Waals surface area (Å²) in [6.45, 7) is 3.34. The summed E-state index contributed by atoms with van der Waals surface area (Å²) in [5.74, 6) is 0.735. The van der Waals surface area contributed by atoms with Gasteiger partial charge < -0.3 is 9.88 Å². The number of H-pyrrole nitrogens is 1. The molecule has 1 unspecified atom stereocenters. The minimum Gasteiger partial charge on any atom is -0.361 e. The predicted molar refractivity (Wildman–Crippen MR) is 76.8 cm³/mol. The average molecular weight is 260 g/mol. The van der Waals surface area contributed by atoms with Crippen molar-refractivity contribution in [2.75, 3.05) is 13.6 Å². The number of aromatic nitrogens is 1. The summed E-state index contributed by atoms with van der Waals surface area (Å²) in [4.78, 5) is 5.64. The van der Waals surface area contributed by atoms with Crippen molar-refractivity contribution in [3.63, 3.8) is 0 Å². The Balaban J connectivity index is 1.69. The third-order valence-corrected chi connectivity index (χ3v) is 4.46. The van der Waals surface area contributed by atoms with Gasteiger partial charge in [-0.15, -0.1) is 0 Å². The summed E-state index contributed by atoms with van der Waals surface area (Å²) >= 11 is 0. The first-order valence-corrected chi connectivity index (χ1v) is 7.11. The molecule has 1 N–H and O–H groups in total. The van der Waals surface area contributed by atoms with E-state index in [-0.39, 0.29) is 5.82 Å². The first-order chi connectivity index (χ1) is 9.15. The third kappa shape index (κ3) is 2.66. The van der Waals surface area contributed by atoms with Crippen LogP contribution >= 0.6 is 0 Å². The molecule has 3 heteroatoms. The summed E-state index contributed by atoms with van der Waals surface area (Å²) in [6, 6.07) is 5.61. The molecule has 3 rings (SSSR count). The zero-order chi connectivity index (χ0) is 13.4. The van der Waals surface area contributed by atoms with E-state index in [0.29, 0.717) is 6.04 Å². The van der Waals surface area contributed by atoms with Crippen LogP contribution in [0.2, 0.25) is 0 Å². The number of likely N-dealkylation sites (N-methyl/N-ethyl adjacent to an activating group) is 1. The molecule has 1 aromatic carbocycles. The number of rotatable bonds is 5. The monoisotopic (exact) mass is 260 g/mol. The predicted octanol–water partition coefficient (Wildman–Crippen LogP) is 3.58. The van der Waals surface area contributed by atoms with Crippen molar-refractivity contribution in [1.29, 1.82) is 0 Å². The van der Waals surface area contributed by atoms with Crippen LogP contribution in [0.1, 0.15) is 25.3 Å². The maximum absolute atomic E-state index is 13.3. The van der Waals surface area contributed by atoms with Gasteiger partial charge in [-0.05, 0) is 62.9 Å². The lowest BCUT2D eigenvalue weighted by molar-refractivity contribution is 0.237. The fourth-order valence-electron chi connectivity index (χ4n) is 2.80. The van der Waals surface area contributed by atoms with Crippen molar-refractivity contribution in [3.05, 3.63) is 35.8 Å². The molecule has 0 bridgehead atoms. The molecular formula is C16H21FN2. The molecule has 1 fully saturated rings. The second-order valence-electron chi connectivity index (χ2n) is 5.81. The van der Waals surface area contributed by atoms with Gasteiger partial charge in [0.05, 0.1) is 0 Å². The Morgan fingerprint density at radius 1 is 1.42 bits per heavy atom. The molecule has 0 aliphatic heterocycles. The van der Waals surface area contributed by atoms with Crippen molar-refractivity contribution >= 4 is 10.9 Å². The number of hydrogen-bond donors (Lipinski definition) is 1. The molecule has 2 nitrogen and oxygen atoms in total. The molecule has 1 heterocycles. The Hall–Kier alpha value is -1.35. The highest BCUT2D eigenvalue weighted by Gasteiger charge is 2.30. The minimum atomic E-state index is -0.159. The molecule has 0 radical (unpaired) electrons. The summed E-state index contributed by atoms with van der Waals surface area (Å²) in [5.41, 5.74) is 2.23. The van der Waals surface area contributed by atoms with E-state index in [4.69, 9.17) is 0 Å². The summed E-state index contributed by atoms with van der Waals surface area (Å²) < 4.78 is 13.3. The molecule has 19 heavy (non-hydrogen) atoms. The topological polar surface area (TPSA) is 19.0 Å². The number of fused-ring (bicyclic) bond motifs is 1. The van der Waals surface area contributed by atoms with Crippen molar-refractivity contribution in [1.82, 2.24) is 9.88 Å². The molecule has 2 aromatic rings. The van der Waals surface area contributed by atoms with E-state index in [9.17, 15) is 4.39 Å². The summed E-state index contributed by atoms with van der Waals surface area (Å²) in [5, 5.41) is 1.02. The summed E-state index contributed by atoms with van der Waals surface area (Å²) in [6.07, 6.45) is 5.74. The van der Waals surface area contributed by atoms with Crippen molar-refractivity contribution in [2.45, 2.75) is 32.2 Å². The van der Waals surface area contributed by atoms with Crippen LogP contribution in [-0.2, 0) is 6.42 Å². The molecule has 0 saturated heterocycles. The van der Waals surface area contributed by atoms with E-state index in [1.54, 1.807) is 6.07 Å². The Labute approximate surface area is 113 Å². The number of aromatic amines is 1. The van der Waals surface area contributed by atoms with E-state index < -0.39 is 0 Å². The lowest BCUT2D eigenvalue weighted by atomic mass is 10.1. The lowest BCUT2D eigenvalue weighted by Gasteiger charge is -2.24. The van der Waals surface area contributed by atoms with Gasteiger partial charge in [-0.1, -0.05) is 0 Å². The number of nitrogens with zero attached hydrogens (tertiary/aromatic N) is 1. The zero-order valence-corrected chi connectivity index (χ0v) is 11.6. The van der Waals surface area contributed by atoms with Gasteiger partial charge in [0.2, 0.25) is 0 Å². The van der Waals surface area contributed by atoms with Gasteiger partial charge in [-0.25, -0.2) is 4.39 Å². The Morgan fingerprint density at radius 3 is 2.95 bits per heavy atom. The van der Waals surface area contributed by atoms with Crippen LogP contribution in [0.25, 0.3) is 10.9 Å². The normalized spacial score (nSPS) is 17.3. The Kier molecular flexibility index (Phi) is 3.31. The lowest BCUT2D eigenvalue weighted by Crippen LogP contribution is -2.32. The highest BCUT2D eigenvalue weighted by molar-refractivity contribution is 5.83. The summed E-state index contributed by atoms with van der Waals surface area (Å²) in [7, 11) is 2.19. The van der Waals surface area contributed by atoms with Gasteiger partial charge in [0.25, 0.3) is 0 Å². The molecule has 1 atom stereocenters. The van der Waals surface area contributed by atoms with Crippen LogP contribution in [0.5, 0.6) is 0 Å². The minimum absolute atomic E-state index is 0.159. The second-order valence-corrected chi connectivity index (χ2v) is 5.81. The quantitative estimate of drug-likeness (QED) is 0.870. The van der Waals surface area contributed by atoms with Crippen molar-refractivity contribution in [2.24, 2.45) is 5.92 Å². The zero-order valence-electron chi connectivity index (χ0n) is 11.6. The maximum atomic E-state index is 13.3. The van der Waals surface area contributed by atoms with E-state index >= 15 is 0 Å². The largest absolute Gasteiger partial charge is 0.361 e. The van der Waals surface area contributed by atoms with E-state index in [1.807, 2.05) is 12.3 Å². The van der Waals surface area contributed by atoms with Gasteiger partial charge in [0, 0.05) is 29.7 Å². The van der Waals surface area contributed by atoms with E-state index in [1.165, 1.54) is 24.5 Å². The van der Waals surface area contributed by atoms with Gasteiger partial charge in [0.15, 0.2) is 0 Å². The van der Waals surface area contributed by atoms with E-state index in [2.05, 4.69) is 23.9 Å². The average Bonchev–Trinajstić information content (AvgIpc) is 3.17. The smallest absolute Gasteiger partial charge is 0.123 e.